The molecule has 0 saturated heterocycles. The van der Waals surface area contributed by atoms with Gasteiger partial charge in [-0.1, -0.05) is 24.5 Å². The van der Waals surface area contributed by atoms with Gasteiger partial charge >= 0.3 is 5.88 Å². The van der Waals surface area contributed by atoms with Gasteiger partial charge in [-0.3, -0.25) is 20.2 Å². The van der Waals surface area contributed by atoms with Crippen LogP contribution < -0.4 is 22.1 Å². The van der Waals surface area contributed by atoms with Crippen molar-refractivity contribution in [2.45, 2.75) is 44.7 Å². The second-order valence-corrected chi connectivity index (χ2v) is 7.92. The topological polar surface area (TPSA) is 188 Å². The van der Waals surface area contributed by atoms with Gasteiger partial charge in [-0.2, -0.15) is 4.98 Å². The highest BCUT2D eigenvalue weighted by Crippen LogP contribution is 2.29. The van der Waals surface area contributed by atoms with Gasteiger partial charge in [-0.05, 0) is 38.0 Å². The van der Waals surface area contributed by atoms with Crippen molar-refractivity contribution in [2.75, 3.05) is 10.6 Å². The fraction of sp³-hybridized carbons (Fsp3) is 0.333. The van der Waals surface area contributed by atoms with Crippen LogP contribution >= 0.6 is 0 Å². The van der Waals surface area contributed by atoms with E-state index in [4.69, 9.17) is 15.9 Å². The molecule has 2 unspecified atom stereocenters. The molecule has 172 valence electrons. The molecule has 0 spiro atoms. The van der Waals surface area contributed by atoms with Crippen molar-refractivity contribution in [2.24, 2.45) is 16.5 Å². The molecule has 12 nitrogen and oxygen atoms in total. The molecule has 2 atom stereocenters. The number of aryl methyl sites for hydroxylation is 1. The smallest absolute Gasteiger partial charge is 0.395 e. The van der Waals surface area contributed by atoms with Crippen LogP contribution in [0.4, 0.5) is 17.7 Å². The third kappa shape index (κ3) is 5.00. The number of hydrogen-bond acceptors (Lipinski definition) is 8. The molecule has 2 heterocycles. The van der Waals surface area contributed by atoms with Crippen molar-refractivity contribution in [3.05, 3.63) is 51.8 Å². The summed E-state index contributed by atoms with van der Waals surface area (Å²) in [6.07, 6.45) is 3.76. The summed E-state index contributed by atoms with van der Waals surface area (Å²) in [5.74, 6) is -0.835. The number of aliphatic imine (C=N–C) groups is 1. The summed E-state index contributed by atoms with van der Waals surface area (Å²) in [6.45, 7) is 1.96. The lowest BCUT2D eigenvalue weighted by Gasteiger charge is -2.30. The van der Waals surface area contributed by atoms with Crippen LogP contribution in [-0.2, 0) is 0 Å². The maximum absolute atomic E-state index is 12.5. The van der Waals surface area contributed by atoms with Crippen molar-refractivity contribution in [3.63, 3.8) is 0 Å². The molecule has 12 heteroatoms. The minimum atomic E-state index is -0.717. The number of nitro groups is 1. The zero-order valence-electron chi connectivity index (χ0n) is 17.9. The summed E-state index contributed by atoms with van der Waals surface area (Å²) in [4.78, 5) is 35.9. The molecule has 1 aliphatic rings. The van der Waals surface area contributed by atoms with E-state index in [-0.39, 0.29) is 29.8 Å². The molecule has 0 bridgehead atoms. The van der Waals surface area contributed by atoms with Crippen molar-refractivity contribution in [3.8, 4) is 0 Å². The fourth-order valence-corrected chi connectivity index (χ4v) is 3.92. The average molecular weight is 452 g/mol. The maximum atomic E-state index is 12.5. The quantitative estimate of drug-likeness (QED) is 0.189. The number of nitrogens with two attached hydrogens (primary N) is 2. The van der Waals surface area contributed by atoms with Crippen LogP contribution in [0.2, 0.25) is 0 Å². The Labute approximate surface area is 188 Å². The Bertz CT molecular complexity index is 1230. The number of amides is 1. The number of anilines is 2. The van der Waals surface area contributed by atoms with E-state index in [1.165, 1.54) is 6.07 Å². The molecule has 1 aromatic carbocycles. The zero-order chi connectivity index (χ0) is 23.5. The molecule has 0 aliphatic heterocycles. The Hall–Kier alpha value is -4.22. The minimum Gasteiger partial charge on any atom is -0.395 e. The predicted octanol–water partition coefficient (Wildman–Crippen LogP) is 2.69. The second-order valence-electron chi connectivity index (χ2n) is 7.92. The van der Waals surface area contributed by atoms with Gasteiger partial charge in [0.15, 0.2) is 11.7 Å². The van der Waals surface area contributed by atoms with Crippen LogP contribution in [0.25, 0.3) is 10.9 Å². The van der Waals surface area contributed by atoms with Crippen LogP contribution in [-0.4, -0.2) is 38.8 Å². The Morgan fingerprint density at radius 1 is 1.21 bits per heavy atom. The average Bonchev–Trinajstić information content (AvgIpc) is 3.26. The molecule has 1 saturated carbocycles. The van der Waals surface area contributed by atoms with Gasteiger partial charge in [-0.15, -0.1) is 0 Å². The number of rotatable bonds is 6. The molecule has 1 amide bonds. The van der Waals surface area contributed by atoms with Crippen LogP contribution in [0.5, 0.6) is 0 Å². The van der Waals surface area contributed by atoms with Gasteiger partial charge in [0.05, 0.1) is 23.7 Å². The van der Waals surface area contributed by atoms with Crippen molar-refractivity contribution >= 4 is 40.4 Å². The lowest BCUT2D eigenvalue weighted by atomic mass is 9.90. The Morgan fingerprint density at radius 2 is 2.00 bits per heavy atom. The molecule has 0 radical (unpaired) electrons. The molecular weight excluding hydrogens is 428 g/mol. The van der Waals surface area contributed by atoms with E-state index in [2.05, 4.69) is 25.6 Å². The molecule has 4 rings (SSSR count). The molecule has 3 aromatic rings. The third-order valence-corrected chi connectivity index (χ3v) is 5.44. The van der Waals surface area contributed by atoms with Crippen molar-refractivity contribution in [1.29, 1.82) is 0 Å². The third-order valence-electron chi connectivity index (χ3n) is 5.44. The number of aromatic nitrogens is 2. The van der Waals surface area contributed by atoms with Gasteiger partial charge in [-0.25, -0.2) is 9.98 Å². The van der Waals surface area contributed by atoms with E-state index < -0.39 is 16.7 Å². The van der Waals surface area contributed by atoms with Crippen LogP contribution in [0, 0.1) is 17.0 Å². The molecule has 2 aromatic heterocycles. The number of carbonyl (C=O) groups excluding carboxylic acids is 1. The number of fused-ring (bicyclic) bond motifs is 1. The zero-order valence-corrected chi connectivity index (χ0v) is 17.9. The lowest BCUT2D eigenvalue weighted by molar-refractivity contribution is -0.402. The summed E-state index contributed by atoms with van der Waals surface area (Å²) in [5, 5.41) is 17.6. The summed E-state index contributed by atoms with van der Waals surface area (Å²) in [6, 6.07) is 7.88. The van der Waals surface area contributed by atoms with Crippen LogP contribution in [0.15, 0.2) is 39.7 Å². The highest BCUT2D eigenvalue weighted by atomic mass is 16.6. The summed E-state index contributed by atoms with van der Waals surface area (Å²) in [7, 11) is 0. The SMILES string of the molecule is Cc1ccc2nc(NC(=O)c3ccc([N+](=O)[O-])o3)nc(NC3CCCCC3N=C(N)N)c2c1. The van der Waals surface area contributed by atoms with Gasteiger partial charge in [0.1, 0.15) is 10.7 Å². The number of carbonyl (C=O) groups is 1. The standard InChI is InChI=1S/C21H24N8O4/c1-11-6-7-13-12(10-11)18(24-14-4-2-3-5-15(14)25-20(22)23)27-21(26-13)28-19(30)16-8-9-17(33-16)29(31)32/h6-10,14-15H,2-5H2,1H3,(H4,22,23,25)(H2,24,26,27,28,30). The van der Waals surface area contributed by atoms with E-state index in [1.807, 2.05) is 25.1 Å². The van der Waals surface area contributed by atoms with Gasteiger partial charge in [0, 0.05) is 5.39 Å². The van der Waals surface area contributed by atoms with Crippen LogP contribution in [0.3, 0.4) is 0 Å². The number of furan rings is 1. The van der Waals surface area contributed by atoms with E-state index in [1.54, 1.807) is 0 Å². The van der Waals surface area contributed by atoms with E-state index in [0.29, 0.717) is 11.3 Å². The first-order valence-corrected chi connectivity index (χ1v) is 10.5. The first kappa shape index (κ1) is 22.0. The van der Waals surface area contributed by atoms with E-state index in [0.717, 1.165) is 42.7 Å². The normalized spacial score (nSPS) is 18.0. The number of hydrogen-bond donors (Lipinski definition) is 4. The Balaban J connectivity index is 1.66. The summed E-state index contributed by atoms with van der Waals surface area (Å²) in [5.41, 5.74) is 12.9. The summed E-state index contributed by atoms with van der Waals surface area (Å²) < 4.78 is 4.96. The molecule has 1 fully saturated rings. The van der Waals surface area contributed by atoms with Gasteiger partial charge in [0.2, 0.25) is 5.95 Å². The maximum Gasteiger partial charge on any atom is 0.433 e. The monoisotopic (exact) mass is 452 g/mol. The summed E-state index contributed by atoms with van der Waals surface area (Å²) >= 11 is 0. The van der Waals surface area contributed by atoms with Crippen molar-refractivity contribution < 1.29 is 14.1 Å². The highest BCUT2D eigenvalue weighted by Gasteiger charge is 2.26. The molecular formula is C21H24N8O4. The highest BCUT2D eigenvalue weighted by molar-refractivity contribution is 6.02. The molecule has 6 N–H and O–H groups in total. The number of guanidine groups is 1. The Kier molecular flexibility index (Phi) is 6.07. The van der Waals surface area contributed by atoms with E-state index in [9.17, 15) is 14.9 Å². The minimum absolute atomic E-state index is 0.0344. The largest absolute Gasteiger partial charge is 0.433 e. The number of benzene rings is 1. The predicted molar refractivity (Wildman–Crippen MR) is 123 cm³/mol. The van der Waals surface area contributed by atoms with Gasteiger partial charge < -0.3 is 21.2 Å². The Morgan fingerprint density at radius 3 is 2.73 bits per heavy atom. The first-order valence-electron chi connectivity index (χ1n) is 10.5. The second kappa shape index (κ2) is 9.10. The van der Waals surface area contributed by atoms with Crippen molar-refractivity contribution in [1.82, 2.24) is 9.97 Å². The molecule has 33 heavy (non-hydrogen) atoms. The van der Waals surface area contributed by atoms with E-state index >= 15 is 0 Å². The first-order chi connectivity index (χ1) is 15.8. The number of nitrogens with zero attached hydrogens (tertiary/aromatic N) is 4. The van der Waals surface area contributed by atoms with Crippen LogP contribution in [0.1, 0.15) is 41.8 Å². The molecule has 1 aliphatic carbocycles. The number of nitrogens with one attached hydrogen (secondary N) is 2. The van der Waals surface area contributed by atoms with Gasteiger partial charge in [0.25, 0.3) is 5.91 Å². The fourth-order valence-electron chi connectivity index (χ4n) is 3.92. The lowest BCUT2D eigenvalue weighted by Crippen LogP contribution is -2.38.